The Balaban J connectivity index is 2.85. The lowest BCUT2D eigenvalue weighted by molar-refractivity contribution is 0.333. The molecule has 0 fully saturated rings. The van der Waals surface area contributed by atoms with Gasteiger partial charge in [0.05, 0.1) is 11.1 Å². The van der Waals surface area contributed by atoms with Crippen molar-refractivity contribution in [1.29, 1.82) is 0 Å². The van der Waals surface area contributed by atoms with E-state index in [0.717, 1.165) is 33.3 Å². The predicted molar refractivity (Wildman–Crippen MR) is 73.8 cm³/mol. The summed E-state index contributed by atoms with van der Waals surface area (Å²) in [6, 6.07) is 4.04. The molecular formula is C11H16Br2N2O. The van der Waals surface area contributed by atoms with E-state index in [1.807, 2.05) is 13.0 Å². The quantitative estimate of drug-likeness (QED) is 0.774. The van der Waals surface area contributed by atoms with E-state index < -0.39 is 0 Å². The Morgan fingerprint density at radius 1 is 1.38 bits per heavy atom. The first-order valence-corrected chi connectivity index (χ1v) is 6.79. The highest BCUT2D eigenvalue weighted by Gasteiger charge is 2.09. The Labute approximate surface area is 113 Å². The molecule has 0 heterocycles. The van der Waals surface area contributed by atoms with Crippen LogP contribution in [-0.4, -0.2) is 19.7 Å². The standard InChI is InChI=1S/C11H16Br2N2O/c1-2-16-11-8(7-15-4-3-14)5-9(12)6-10(11)13/h5-6,15H,2-4,7,14H2,1H3. The van der Waals surface area contributed by atoms with Crippen LogP contribution in [0.1, 0.15) is 12.5 Å². The SMILES string of the molecule is CCOc1c(Br)cc(Br)cc1CNCCN. The number of hydrogen-bond acceptors (Lipinski definition) is 3. The molecule has 0 saturated carbocycles. The molecule has 0 saturated heterocycles. The van der Waals surface area contributed by atoms with Gasteiger partial charge in [-0.1, -0.05) is 15.9 Å². The van der Waals surface area contributed by atoms with E-state index in [0.29, 0.717) is 13.2 Å². The van der Waals surface area contributed by atoms with Crippen LogP contribution < -0.4 is 15.8 Å². The van der Waals surface area contributed by atoms with E-state index in [-0.39, 0.29) is 0 Å². The van der Waals surface area contributed by atoms with Crippen LogP contribution in [0.3, 0.4) is 0 Å². The highest BCUT2D eigenvalue weighted by molar-refractivity contribution is 9.11. The molecule has 3 nitrogen and oxygen atoms in total. The van der Waals surface area contributed by atoms with Crippen molar-refractivity contribution in [3.63, 3.8) is 0 Å². The third-order valence-electron chi connectivity index (χ3n) is 2.01. The number of benzene rings is 1. The first-order chi connectivity index (χ1) is 7.69. The van der Waals surface area contributed by atoms with Gasteiger partial charge in [0.1, 0.15) is 5.75 Å². The Morgan fingerprint density at radius 3 is 2.75 bits per heavy atom. The van der Waals surface area contributed by atoms with Gasteiger partial charge in [-0.2, -0.15) is 0 Å². The van der Waals surface area contributed by atoms with Crippen molar-refractivity contribution in [3.8, 4) is 5.75 Å². The van der Waals surface area contributed by atoms with Crippen molar-refractivity contribution in [1.82, 2.24) is 5.32 Å². The Morgan fingerprint density at radius 2 is 2.12 bits per heavy atom. The van der Waals surface area contributed by atoms with Crippen LogP contribution in [0.2, 0.25) is 0 Å². The zero-order valence-electron chi connectivity index (χ0n) is 9.22. The average Bonchev–Trinajstić information content (AvgIpc) is 2.23. The number of nitrogens with two attached hydrogens (primary N) is 1. The third kappa shape index (κ3) is 4.05. The van der Waals surface area contributed by atoms with Crippen molar-refractivity contribution >= 4 is 31.9 Å². The average molecular weight is 352 g/mol. The van der Waals surface area contributed by atoms with Gasteiger partial charge >= 0.3 is 0 Å². The lowest BCUT2D eigenvalue weighted by atomic mass is 10.2. The van der Waals surface area contributed by atoms with Crippen LogP contribution in [0.15, 0.2) is 21.1 Å². The minimum absolute atomic E-state index is 0.638. The summed E-state index contributed by atoms with van der Waals surface area (Å²) in [5, 5.41) is 3.26. The molecule has 1 aromatic rings. The summed E-state index contributed by atoms with van der Waals surface area (Å²) in [6.45, 7) is 4.83. The van der Waals surface area contributed by atoms with Gasteiger partial charge in [-0.3, -0.25) is 0 Å². The molecule has 1 aromatic carbocycles. The molecule has 0 amide bonds. The summed E-state index contributed by atoms with van der Waals surface area (Å²) in [5.74, 6) is 0.898. The third-order valence-corrected chi connectivity index (χ3v) is 3.06. The van der Waals surface area contributed by atoms with Crippen LogP contribution in [0, 0.1) is 0 Å². The first-order valence-electron chi connectivity index (χ1n) is 5.20. The molecule has 5 heteroatoms. The molecule has 0 spiro atoms. The Bertz CT molecular complexity index is 345. The fourth-order valence-electron chi connectivity index (χ4n) is 1.38. The zero-order chi connectivity index (χ0) is 12.0. The molecule has 3 N–H and O–H groups in total. The van der Waals surface area contributed by atoms with Crippen molar-refractivity contribution in [3.05, 3.63) is 26.6 Å². The lowest BCUT2D eigenvalue weighted by Crippen LogP contribution is -2.22. The molecule has 16 heavy (non-hydrogen) atoms. The van der Waals surface area contributed by atoms with Crippen molar-refractivity contribution in [2.24, 2.45) is 5.73 Å². The molecule has 0 aliphatic heterocycles. The molecule has 0 bridgehead atoms. The number of nitrogens with one attached hydrogen (secondary N) is 1. The summed E-state index contributed by atoms with van der Waals surface area (Å²) >= 11 is 6.97. The van der Waals surface area contributed by atoms with Crippen molar-refractivity contribution in [2.75, 3.05) is 19.7 Å². The maximum absolute atomic E-state index is 5.61. The highest BCUT2D eigenvalue weighted by atomic mass is 79.9. The number of hydrogen-bond donors (Lipinski definition) is 2. The van der Waals surface area contributed by atoms with Gasteiger partial charge in [0, 0.05) is 29.7 Å². The fraction of sp³-hybridized carbons (Fsp3) is 0.455. The summed E-state index contributed by atoms with van der Waals surface area (Å²) in [5.41, 5.74) is 6.56. The highest BCUT2D eigenvalue weighted by Crippen LogP contribution is 2.32. The van der Waals surface area contributed by atoms with Gasteiger partial charge in [-0.15, -0.1) is 0 Å². The van der Waals surface area contributed by atoms with Crippen LogP contribution in [0.5, 0.6) is 5.75 Å². The van der Waals surface area contributed by atoms with Gasteiger partial charge < -0.3 is 15.8 Å². The van der Waals surface area contributed by atoms with Crippen LogP contribution in [0.25, 0.3) is 0 Å². The second-order valence-electron chi connectivity index (χ2n) is 3.27. The van der Waals surface area contributed by atoms with E-state index in [4.69, 9.17) is 10.5 Å². The smallest absolute Gasteiger partial charge is 0.138 e. The van der Waals surface area contributed by atoms with Gasteiger partial charge in [0.2, 0.25) is 0 Å². The van der Waals surface area contributed by atoms with Crippen LogP contribution in [0.4, 0.5) is 0 Å². The van der Waals surface area contributed by atoms with Crippen LogP contribution >= 0.6 is 31.9 Å². The molecular weight excluding hydrogens is 336 g/mol. The van der Waals surface area contributed by atoms with Gasteiger partial charge in [0.15, 0.2) is 0 Å². The Kier molecular flexibility index (Phi) is 6.34. The molecule has 1 rings (SSSR count). The monoisotopic (exact) mass is 350 g/mol. The van der Waals surface area contributed by atoms with Gasteiger partial charge in [0.25, 0.3) is 0 Å². The predicted octanol–water partition coefficient (Wildman–Crippen LogP) is 2.66. The maximum Gasteiger partial charge on any atom is 0.138 e. The molecule has 0 aliphatic rings. The van der Waals surface area contributed by atoms with Crippen molar-refractivity contribution < 1.29 is 4.74 Å². The largest absolute Gasteiger partial charge is 0.492 e. The number of ether oxygens (including phenoxy) is 1. The lowest BCUT2D eigenvalue weighted by Gasteiger charge is -2.13. The van der Waals surface area contributed by atoms with E-state index >= 15 is 0 Å². The summed E-state index contributed by atoms with van der Waals surface area (Å²) < 4.78 is 7.62. The molecule has 0 aromatic heterocycles. The number of rotatable bonds is 6. The molecule has 0 aliphatic carbocycles. The number of halogens is 2. The molecule has 90 valence electrons. The first kappa shape index (κ1) is 14.0. The van der Waals surface area contributed by atoms with E-state index in [1.54, 1.807) is 0 Å². The Hall–Kier alpha value is -0.100. The van der Waals surface area contributed by atoms with E-state index in [1.165, 1.54) is 0 Å². The molecule has 0 unspecified atom stereocenters. The van der Waals surface area contributed by atoms with E-state index in [9.17, 15) is 0 Å². The minimum atomic E-state index is 0.638. The fourth-order valence-corrected chi connectivity index (χ4v) is 2.80. The maximum atomic E-state index is 5.61. The van der Waals surface area contributed by atoms with Gasteiger partial charge in [-0.05, 0) is 35.0 Å². The zero-order valence-corrected chi connectivity index (χ0v) is 12.4. The second-order valence-corrected chi connectivity index (χ2v) is 5.04. The summed E-state index contributed by atoms with van der Waals surface area (Å²) in [4.78, 5) is 0. The molecule has 0 radical (unpaired) electrons. The van der Waals surface area contributed by atoms with Crippen LogP contribution in [-0.2, 0) is 6.54 Å². The summed E-state index contributed by atoms with van der Waals surface area (Å²) in [7, 11) is 0. The summed E-state index contributed by atoms with van der Waals surface area (Å²) in [6.07, 6.45) is 0. The topological polar surface area (TPSA) is 47.3 Å². The van der Waals surface area contributed by atoms with Crippen molar-refractivity contribution in [2.45, 2.75) is 13.5 Å². The van der Waals surface area contributed by atoms with Gasteiger partial charge in [-0.25, -0.2) is 0 Å². The normalized spacial score (nSPS) is 10.5. The molecule has 0 atom stereocenters. The second kappa shape index (κ2) is 7.27. The van der Waals surface area contributed by atoms with E-state index in [2.05, 4.69) is 43.2 Å². The minimum Gasteiger partial charge on any atom is -0.492 e.